The van der Waals surface area contributed by atoms with Gasteiger partial charge in [0.2, 0.25) is 0 Å². The summed E-state index contributed by atoms with van der Waals surface area (Å²) in [5, 5.41) is 8.71. The van der Waals surface area contributed by atoms with E-state index in [4.69, 9.17) is 10.00 Å². The molecule has 1 aliphatic rings. The fourth-order valence-corrected chi connectivity index (χ4v) is 3.20. The van der Waals surface area contributed by atoms with Gasteiger partial charge in [-0.2, -0.15) is 5.26 Å². The minimum absolute atomic E-state index is 0.00643. The molecule has 1 saturated heterocycles. The molecule has 1 aliphatic heterocycles. The predicted molar refractivity (Wildman–Crippen MR) is 99.6 cm³/mol. The van der Waals surface area contributed by atoms with Crippen LogP contribution in [0.25, 0.3) is 0 Å². The summed E-state index contributed by atoms with van der Waals surface area (Å²) in [6.07, 6.45) is 0.374. The third-order valence-corrected chi connectivity index (χ3v) is 4.66. The lowest BCUT2D eigenvalue weighted by molar-refractivity contribution is -0.138. The van der Waals surface area contributed by atoms with Gasteiger partial charge in [0.25, 0.3) is 5.91 Å². The summed E-state index contributed by atoms with van der Waals surface area (Å²) in [5.74, 6) is 0.637. The zero-order valence-corrected chi connectivity index (χ0v) is 15.0. The summed E-state index contributed by atoms with van der Waals surface area (Å²) in [4.78, 5) is 16.9. The molecule has 3 rings (SSSR count). The standard InChI is InChI=1S/C21H23N3O2/c1-23-13-14-24(20(15-23)18-5-3-2-4-6-18)21(25)16-26-19-9-7-17(8-10-19)11-12-22/h2-10,20H,11,13-16H2,1H3. The SMILES string of the molecule is CN1CCN(C(=O)COc2ccc(CC#N)cc2)C(c2ccccc2)C1. The van der Waals surface area contributed by atoms with Gasteiger partial charge in [-0.1, -0.05) is 42.5 Å². The number of likely N-dealkylation sites (N-methyl/N-ethyl adjacent to an activating group) is 1. The number of ether oxygens (including phenoxy) is 1. The molecule has 0 N–H and O–H groups in total. The number of nitrogens with zero attached hydrogens (tertiary/aromatic N) is 3. The molecule has 1 amide bonds. The number of amides is 1. The van der Waals surface area contributed by atoms with Crippen LogP contribution >= 0.6 is 0 Å². The highest BCUT2D eigenvalue weighted by molar-refractivity contribution is 5.78. The Labute approximate surface area is 154 Å². The van der Waals surface area contributed by atoms with Gasteiger partial charge in [-0.15, -0.1) is 0 Å². The average molecular weight is 349 g/mol. The normalized spacial score (nSPS) is 17.5. The van der Waals surface area contributed by atoms with Crippen LogP contribution in [0.4, 0.5) is 0 Å². The fourth-order valence-electron chi connectivity index (χ4n) is 3.20. The third kappa shape index (κ3) is 4.41. The van der Waals surface area contributed by atoms with Crippen molar-refractivity contribution in [3.8, 4) is 11.8 Å². The summed E-state index contributed by atoms with van der Waals surface area (Å²) in [7, 11) is 2.08. The second-order valence-corrected chi connectivity index (χ2v) is 6.54. The second kappa shape index (κ2) is 8.50. The molecule has 0 radical (unpaired) electrons. The van der Waals surface area contributed by atoms with Crippen molar-refractivity contribution in [3.05, 3.63) is 65.7 Å². The molecule has 2 aromatic rings. The molecule has 26 heavy (non-hydrogen) atoms. The van der Waals surface area contributed by atoms with Crippen LogP contribution in [0, 0.1) is 11.3 Å². The molecule has 1 atom stereocenters. The molecule has 0 aliphatic carbocycles. The Balaban J connectivity index is 1.64. The monoisotopic (exact) mass is 349 g/mol. The van der Waals surface area contributed by atoms with Crippen molar-refractivity contribution in [2.75, 3.05) is 33.3 Å². The first-order valence-corrected chi connectivity index (χ1v) is 8.79. The highest BCUT2D eigenvalue weighted by Gasteiger charge is 2.30. The maximum atomic E-state index is 12.8. The number of hydrogen-bond donors (Lipinski definition) is 0. The van der Waals surface area contributed by atoms with Crippen LogP contribution < -0.4 is 4.74 Å². The number of benzene rings is 2. The summed E-state index contributed by atoms with van der Waals surface area (Å²) in [5.41, 5.74) is 2.09. The van der Waals surface area contributed by atoms with Crippen LogP contribution in [0.15, 0.2) is 54.6 Å². The van der Waals surface area contributed by atoms with E-state index in [1.54, 1.807) is 12.1 Å². The summed E-state index contributed by atoms with van der Waals surface area (Å²) in [6.45, 7) is 2.39. The molecular weight excluding hydrogens is 326 g/mol. The molecule has 0 saturated carbocycles. The number of hydrogen-bond acceptors (Lipinski definition) is 4. The van der Waals surface area contributed by atoms with Crippen LogP contribution in [0.2, 0.25) is 0 Å². The van der Waals surface area contributed by atoms with Gasteiger partial charge >= 0.3 is 0 Å². The largest absolute Gasteiger partial charge is 0.484 e. The zero-order valence-electron chi connectivity index (χ0n) is 15.0. The maximum absolute atomic E-state index is 12.8. The molecular formula is C21H23N3O2. The van der Waals surface area contributed by atoms with Crippen molar-refractivity contribution >= 4 is 5.91 Å². The first kappa shape index (κ1) is 18.0. The third-order valence-electron chi connectivity index (χ3n) is 4.66. The smallest absolute Gasteiger partial charge is 0.261 e. The first-order chi connectivity index (χ1) is 12.7. The van der Waals surface area contributed by atoms with E-state index in [0.717, 1.165) is 24.2 Å². The highest BCUT2D eigenvalue weighted by Crippen LogP contribution is 2.25. The number of piperazine rings is 1. The van der Waals surface area contributed by atoms with Crippen LogP contribution in [0.5, 0.6) is 5.75 Å². The fraction of sp³-hybridized carbons (Fsp3) is 0.333. The topological polar surface area (TPSA) is 56.6 Å². The Hall–Kier alpha value is -2.84. The van der Waals surface area contributed by atoms with E-state index < -0.39 is 0 Å². The van der Waals surface area contributed by atoms with Gasteiger partial charge in [-0.05, 0) is 30.3 Å². The Morgan fingerprint density at radius 1 is 1.15 bits per heavy atom. The Kier molecular flexibility index (Phi) is 5.88. The van der Waals surface area contributed by atoms with E-state index in [-0.39, 0.29) is 18.6 Å². The van der Waals surface area contributed by atoms with Crippen LogP contribution in [0.3, 0.4) is 0 Å². The number of carbonyl (C=O) groups excluding carboxylic acids is 1. The van der Waals surface area contributed by atoms with Gasteiger partial charge in [-0.25, -0.2) is 0 Å². The first-order valence-electron chi connectivity index (χ1n) is 8.79. The average Bonchev–Trinajstić information content (AvgIpc) is 2.68. The van der Waals surface area contributed by atoms with Crippen molar-refractivity contribution in [1.29, 1.82) is 5.26 Å². The summed E-state index contributed by atoms with van der Waals surface area (Å²) in [6, 6.07) is 19.6. The van der Waals surface area contributed by atoms with E-state index in [1.165, 1.54) is 0 Å². The molecule has 0 aromatic heterocycles. The van der Waals surface area contributed by atoms with Gasteiger partial charge in [0, 0.05) is 19.6 Å². The number of rotatable bonds is 5. The number of carbonyl (C=O) groups is 1. The Bertz CT molecular complexity index is 768. The highest BCUT2D eigenvalue weighted by atomic mass is 16.5. The Morgan fingerprint density at radius 2 is 1.88 bits per heavy atom. The lowest BCUT2D eigenvalue weighted by Crippen LogP contribution is -2.50. The van der Waals surface area contributed by atoms with E-state index in [1.807, 2.05) is 35.2 Å². The molecule has 1 heterocycles. The lowest BCUT2D eigenvalue weighted by Gasteiger charge is -2.40. The molecule has 2 aromatic carbocycles. The second-order valence-electron chi connectivity index (χ2n) is 6.54. The van der Waals surface area contributed by atoms with Gasteiger partial charge in [0.15, 0.2) is 6.61 Å². The van der Waals surface area contributed by atoms with Crippen molar-refractivity contribution in [2.45, 2.75) is 12.5 Å². The minimum Gasteiger partial charge on any atom is -0.484 e. The van der Waals surface area contributed by atoms with Gasteiger partial charge in [-0.3, -0.25) is 4.79 Å². The minimum atomic E-state index is -0.00643. The predicted octanol–water partition coefficient (Wildman–Crippen LogP) is 2.65. The van der Waals surface area contributed by atoms with Gasteiger partial charge < -0.3 is 14.5 Å². The van der Waals surface area contributed by atoms with Gasteiger partial charge in [0.1, 0.15) is 5.75 Å². The van der Waals surface area contributed by atoms with Crippen molar-refractivity contribution in [1.82, 2.24) is 9.80 Å². The molecule has 1 unspecified atom stereocenters. The molecule has 0 spiro atoms. The Morgan fingerprint density at radius 3 is 2.58 bits per heavy atom. The van der Waals surface area contributed by atoms with Gasteiger partial charge in [0.05, 0.1) is 18.5 Å². The molecule has 5 nitrogen and oxygen atoms in total. The van der Waals surface area contributed by atoms with Crippen LogP contribution in [-0.2, 0) is 11.2 Å². The maximum Gasteiger partial charge on any atom is 0.261 e. The molecule has 5 heteroatoms. The van der Waals surface area contributed by atoms with E-state index in [0.29, 0.717) is 18.7 Å². The summed E-state index contributed by atoms with van der Waals surface area (Å²) >= 11 is 0. The molecule has 134 valence electrons. The lowest BCUT2D eigenvalue weighted by atomic mass is 10.0. The van der Waals surface area contributed by atoms with E-state index in [2.05, 4.69) is 30.1 Å². The molecule has 0 bridgehead atoms. The van der Waals surface area contributed by atoms with Crippen molar-refractivity contribution in [3.63, 3.8) is 0 Å². The van der Waals surface area contributed by atoms with Crippen LogP contribution in [-0.4, -0.2) is 49.0 Å². The van der Waals surface area contributed by atoms with E-state index >= 15 is 0 Å². The zero-order chi connectivity index (χ0) is 18.4. The molecule has 1 fully saturated rings. The number of nitriles is 1. The summed E-state index contributed by atoms with van der Waals surface area (Å²) < 4.78 is 5.68. The quantitative estimate of drug-likeness (QED) is 0.833. The van der Waals surface area contributed by atoms with Crippen LogP contribution in [0.1, 0.15) is 17.2 Å². The van der Waals surface area contributed by atoms with Crippen molar-refractivity contribution < 1.29 is 9.53 Å². The van der Waals surface area contributed by atoms with E-state index in [9.17, 15) is 4.79 Å². The van der Waals surface area contributed by atoms with Crippen molar-refractivity contribution in [2.24, 2.45) is 0 Å².